The van der Waals surface area contributed by atoms with Crippen LogP contribution in [0.5, 0.6) is 0 Å². The number of rotatable bonds is 7. The number of anilines is 1. The molecule has 31 heavy (non-hydrogen) atoms. The van der Waals surface area contributed by atoms with Crippen LogP contribution < -0.4 is 10.0 Å². The van der Waals surface area contributed by atoms with Crippen LogP contribution in [-0.4, -0.2) is 39.5 Å². The molecule has 0 radical (unpaired) electrons. The number of amides is 1. The highest BCUT2D eigenvalue weighted by Gasteiger charge is 2.28. The van der Waals surface area contributed by atoms with Crippen molar-refractivity contribution in [2.24, 2.45) is 0 Å². The fourth-order valence-electron chi connectivity index (χ4n) is 3.24. The Morgan fingerprint density at radius 2 is 2.00 bits per heavy atom. The van der Waals surface area contributed by atoms with E-state index in [2.05, 4.69) is 20.1 Å². The maximum Gasteiger partial charge on any atom is 0.255 e. The van der Waals surface area contributed by atoms with E-state index in [1.54, 1.807) is 29.2 Å². The molecule has 0 saturated heterocycles. The predicted molar refractivity (Wildman–Crippen MR) is 114 cm³/mol. The number of sulfonamides is 1. The summed E-state index contributed by atoms with van der Waals surface area (Å²) in [5.74, 6) is -0.407. The summed E-state index contributed by atoms with van der Waals surface area (Å²) in [6.45, 7) is 0.456. The van der Waals surface area contributed by atoms with Crippen molar-refractivity contribution in [3.8, 4) is 0 Å². The minimum Gasteiger partial charge on any atom is -0.319 e. The molecule has 1 aliphatic carbocycles. The van der Waals surface area contributed by atoms with Gasteiger partial charge in [-0.3, -0.25) is 9.48 Å². The third-order valence-corrected chi connectivity index (χ3v) is 6.45. The highest BCUT2D eigenvalue weighted by atomic mass is 32.2. The monoisotopic (exact) mass is 436 g/mol. The average Bonchev–Trinajstić information content (AvgIpc) is 3.29. The maximum atomic E-state index is 12.6. The highest BCUT2D eigenvalue weighted by Crippen LogP contribution is 2.22. The molecule has 1 fully saturated rings. The Morgan fingerprint density at radius 1 is 1.13 bits per heavy atom. The van der Waals surface area contributed by atoms with Gasteiger partial charge < -0.3 is 9.72 Å². The zero-order valence-electron chi connectivity index (χ0n) is 16.5. The smallest absolute Gasteiger partial charge is 0.255 e. The molecule has 1 amide bonds. The third-order valence-electron chi connectivity index (χ3n) is 4.93. The number of aromatic nitrogens is 4. The number of benzene rings is 1. The summed E-state index contributed by atoms with van der Waals surface area (Å²) in [5.41, 5.74) is 2.46. The molecule has 10 heteroatoms. The molecule has 2 N–H and O–H groups in total. The summed E-state index contributed by atoms with van der Waals surface area (Å²) in [6, 6.07) is 11.8. The number of imidazole rings is 1. The second-order valence-corrected chi connectivity index (χ2v) is 9.22. The van der Waals surface area contributed by atoms with Crippen LogP contribution in [0.15, 0.2) is 72.1 Å². The number of hydrogen-bond donors (Lipinski definition) is 2. The lowest BCUT2D eigenvalue weighted by molar-refractivity contribution is 0.102. The molecule has 1 aliphatic rings. The van der Waals surface area contributed by atoms with Crippen LogP contribution in [0.25, 0.3) is 5.65 Å². The van der Waals surface area contributed by atoms with Crippen LogP contribution >= 0.6 is 0 Å². The molecular weight excluding hydrogens is 416 g/mol. The minimum absolute atomic E-state index is 0.00114. The first-order chi connectivity index (χ1) is 15.0. The average molecular weight is 436 g/mol. The van der Waals surface area contributed by atoms with Gasteiger partial charge in [0, 0.05) is 30.2 Å². The van der Waals surface area contributed by atoms with Gasteiger partial charge in [0.25, 0.3) is 5.91 Å². The van der Waals surface area contributed by atoms with Crippen LogP contribution in [0.4, 0.5) is 5.69 Å². The van der Waals surface area contributed by atoms with E-state index in [-0.39, 0.29) is 16.5 Å². The van der Waals surface area contributed by atoms with Crippen LogP contribution in [0, 0.1) is 0 Å². The Hall–Kier alpha value is -3.50. The standard InChI is InChI=1S/C21H20N6O3S/c28-21(15-4-3-5-19(10-15)31(29,30)25-16-7-8-16)24-17-11-22-27(13-17)14-18-12-26-9-2-1-6-20(26)23-18/h1-6,9-13,16,25H,7-8,14H2,(H,24,28). The Bertz CT molecular complexity index is 1340. The topological polar surface area (TPSA) is 110 Å². The molecule has 1 saturated carbocycles. The third kappa shape index (κ3) is 4.35. The maximum absolute atomic E-state index is 12.6. The molecule has 4 aromatic rings. The van der Waals surface area contributed by atoms with Gasteiger partial charge in [-0.1, -0.05) is 12.1 Å². The van der Waals surface area contributed by atoms with Gasteiger partial charge in [0.1, 0.15) is 5.65 Å². The molecular formula is C21H20N6O3S. The van der Waals surface area contributed by atoms with E-state index in [1.165, 1.54) is 12.1 Å². The van der Waals surface area contributed by atoms with Crippen molar-refractivity contribution in [1.29, 1.82) is 0 Å². The summed E-state index contributed by atoms with van der Waals surface area (Å²) < 4.78 is 31.0. The minimum atomic E-state index is -3.62. The van der Waals surface area contributed by atoms with Crippen molar-refractivity contribution in [1.82, 2.24) is 23.9 Å². The molecule has 0 atom stereocenters. The molecule has 3 aromatic heterocycles. The van der Waals surface area contributed by atoms with Crippen LogP contribution in [0.2, 0.25) is 0 Å². The van der Waals surface area contributed by atoms with E-state index in [0.29, 0.717) is 12.2 Å². The van der Waals surface area contributed by atoms with Gasteiger partial charge in [0.15, 0.2) is 0 Å². The molecule has 1 aromatic carbocycles. The van der Waals surface area contributed by atoms with E-state index in [0.717, 1.165) is 24.2 Å². The Balaban J connectivity index is 1.28. The number of fused-ring (bicyclic) bond motifs is 1. The number of hydrogen-bond acceptors (Lipinski definition) is 5. The Morgan fingerprint density at radius 3 is 2.81 bits per heavy atom. The summed E-state index contributed by atoms with van der Waals surface area (Å²) in [6.07, 6.45) is 8.79. The molecule has 0 bridgehead atoms. The van der Waals surface area contributed by atoms with Gasteiger partial charge in [-0.15, -0.1) is 0 Å². The zero-order chi connectivity index (χ0) is 21.4. The van der Waals surface area contributed by atoms with Gasteiger partial charge in [-0.05, 0) is 43.2 Å². The fourth-order valence-corrected chi connectivity index (χ4v) is 4.59. The lowest BCUT2D eigenvalue weighted by Crippen LogP contribution is -2.26. The first kappa shape index (κ1) is 19.5. The van der Waals surface area contributed by atoms with Gasteiger partial charge in [-0.25, -0.2) is 18.1 Å². The highest BCUT2D eigenvalue weighted by molar-refractivity contribution is 7.89. The normalized spacial score (nSPS) is 14.1. The molecule has 0 aliphatic heterocycles. The van der Waals surface area contributed by atoms with Crippen LogP contribution in [0.3, 0.4) is 0 Å². The predicted octanol–water partition coefficient (Wildman–Crippen LogP) is 2.27. The van der Waals surface area contributed by atoms with Gasteiger partial charge in [0.05, 0.1) is 29.0 Å². The quantitative estimate of drug-likeness (QED) is 0.462. The van der Waals surface area contributed by atoms with Crippen molar-refractivity contribution >= 4 is 27.3 Å². The second-order valence-electron chi connectivity index (χ2n) is 7.50. The van der Waals surface area contributed by atoms with E-state index < -0.39 is 15.9 Å². The number of nitrogens with zero attached hydrogens (tertiary/aromatic N) is 4. The number of carbonyl (C=O) groups is 1. The summed E-state index contributed by atoms with van der Waals surface area (Å²) >= 11 is 0. The largest absolute Gasteiger partial charge is 0.319 e. The van der Waals surface area contributed by atoms with E-state index in [1.807, 2.05) is 35.0 Å². The molecule has 9 nitrogen and oxygen atoms in total. The summed E-state index contributed by atoms with van der Waals surface area (Å²) in [5, 5.41) is 7.03. The van der Waals surface area contributed by atoms with Crippen molar-refractivity contribution < 1.29 is 13.2 Å². The van der Waals surface area contributed by atoms with Crippen LogP contribution in [0.1, 0.15) is 28.9 Å². The van der Waals surface area contributed by atoms with E-state index >= 15 is 0 Å². The number of carbonyl (C=O) groups excluding carboxylic acids is 1. The lowest BCUT2D eigenvalue weighted by atomic mass is 10.2. The van der Waals surface area contributed by atoms with Gasteiger partial charge in [0.2, 0.25) is 10.0 Å². The van der Waals surface area contributed by atoms with Crippen molar-refractivity contribution in [2.45, 2.75) is 30.3 Å². The second kappa shape index (κ2) is 7.64. The van der Waals surface area contributed by atoms with Gasteiger partial charge in [-0.2, -0.15) is 5.10 Å². The Kier molecular flexibility index (Phi) is 4.79. The Labute approximate surface area is 178 Å². The molecule has 158 valence electrons. The SMILES string of the molecule is O=C(Nc1cnn(Cc2cn3ccccc3n2)c1)c1cccc(S(=O)(=O)NC2CC2)c1. The van der Waals surface area contributed by atoms with Crippen molar-refractivity contribution in [2.75, 3.05) is 5.32 Å². The lowest BCUT2D eigenvalue weighted by Gasteiger charge is -2.07. The summed E-state index contributed by atoms with van der Waals surface area (Å²) in [4.78, 5) is 17.2. The van der Waals surface area contributed by atoms with Crippen molar-refractivity contribution in [3.63, 3.8) is 0 Å². The molecule has 0 unspecified atom stereocenters. The zero-order valence-corrected chi connectivity index (χ0v) is 17.3. The number of nitrogens with one attached hydrogen (secondary N) is 2. The van der Waals surface area contributed by atoms with Crippen LogP contribution in [-0.2, 0) is 16.6 Å². The first-order valence-electron chi connectivity index (χ1n) is 9.85. The molecule has 5 rings (SSSR count). The summed E-state index contributed by atoms with van der Waals surface area (Å²) in [7, 11) is -3.62. The van der Waals surface area contributed by atoms with Gasteiger partial charge >= 0.3 is 0 Å². The molecule has 0 spiro atoms. The number of pyridine rings is 1. The van der Waals surface area contributed by atoms with Crippen molar-refractivity contribution in [3.05, 3.63) is 78.5 Å². The first-order valence-corrected chi connectivity index (χ1v) is 11.3. The fraction of sp³-hybridized carbons (Fsp3) is 0.190. The molecule has 3 heterocycles. The van der Waals surface area contributed by atoms with E-state index in [4.69, 9.17) is 0 Å². The van der Waals surface area contributed by atoms with E-state index in [9.17, 15) is 13.2 Å².